The van der Waals surface area contributed by atoms with Crippen molar-refractivity contribution in [3.8, 4) is 5.75 Å². The fourth-order valence-corrected chi connectivity index (χ4v) is 3.05. The number of halogens is 3. The smallest absolute Gasteiger partial charge is 0.248 e. The number of aromatic nitrogens is 2. The maximum atomic E-state index is 14.4. The van der Waals surface area contributed by atoms with Gasteiger partial charge in [-0.2, -0.15) is 0 Å². The van der Waals surface area contributed by atoms with Gasteiger partial charge in [-0.1, -0.05) is 23.7 Å². The number of ether oxygens (including phenoxy) is 1. The Labute approximate surface area is 189 Å². The second-order valence-corrected chi connectivity index (χ2v) is 7.38. The van der Waals surface area contributed by atoms with E-state index in [1.165, 1.54) is 24.5 Å². The summed E-state index contributed by atoms with van der Waals surface area (Å²) in [5.74, 6) is -0.657. The van der Waals surface area contributed by atoms with Crippen LogP contribution < -0.4 is 15.4 Å². The zero-order chi connectivity index (χ0) is 23.1. The third kappa shape index (κ3) is 5.68. The highest BCUT2D eigenvalue weighted by Crippen LogP contribution is 2.38. The highest BCUT2D eigenvalue weighted by molar-refractivity contribution is 6.31. The molecule has 0 spiro atoms. The van der Waals surface area contributed by atoms with Gasteiger partial charge in [0.15, 0.2) is 11.6 Å². The van der Waals surface area contributed by atoms with E-state index < -0.39 is 12.5 Å². The third-order valence-electron chi connectivity index (χ3n) is 4.28. The van der Waals surface area contributed by atoms with Crippen molar-refractivity contribution in [2.24, 2.45) is 0 Å². The van der Waals surface area contributed by atoms with Crippen LogP contribution in [0.3, 0.4) is 0 Å². The van der Waals surface area contributed by atoms with E-state index in [4.69, 9.17) is 16.3 Å². The molecule has 0 aliphatic carbocycles. The minimum Gasteiger partial charge on any atom is -0.488 e. The van der Waals surface area contributed by atoms with Crippen LogP contribution >= 0.6 is 11.6 Å². The van der Waals surface area contributed by atoms with Gasteiger partial charge in [0.05, 0.1) is 27.3 Å². The van der Waals surface area contributed by atoms with Gasteiger partial charge in [0.25, 0.3) is 0 Å². The Hall–Kier alpha value is -3.30. The molecule has 1 aromatic heterocycles. The van der Waals surface area contributed by atoms with Gasteiger partial charge in [-0.05, 0) is 38.4 Å². The molecule has 0 fully saturated rings. The van der Waals surface area contributed by atoms with E-state index in [2.05, 4.69) is 20.6 Å². The number of hydrogen-bond acceptors (Lipinski definition) is 6. The number of amides is 1. The van der Waals surface area contributed by atoms with Crippen LogP contribution in [0.15, 0.2) is 48.8 Å². The first kappa shape index (κ1) is 23.4. The van der Waals surface area contributed by atoms with E-state index in [1.807, 2.05) is 19.0 Å². The lowest BCUT2D eigenvalue weighted by atomic mass is 10.1. The summed E-state index contributed by atoms with van der Waals surface area (Å²) >= 11 is 5.87. The van der Waals surface area contributed by atoms with E-state index in [1.54, 1.807) is 24.3 Å². The van der Waals surface area contributed by atoms with E-state index in [-0.39, 0.29) is 34.8 Å². The van der Waals surface area contributed by atoms with Gasteiger partial charge in [-0.3, -0.25) is 4.79 Å². The lowest BCUT2D eigenvalue weighted by Gasteiger charge is -2.16. The Morgan fingerprint density at radius 3 is 2.78 bits per heavy atom. The number of carbonyl (C=O) groups is 1. The highest BCUT2D eigenvalue weighted by atomic mass is 35.5. The Balaban J connectivity index is 2.04. The molecule has 3 aromatic rings. The standard InChI is InChI=1S/C22H22ClF2N5O2/c1-30(2)11-4-7-18(31)28-17-9-8-15-19(21(17)32-12-10-24)22(27-13-26-15)29-16-6-3-5-14(23)20(16)25/h3-9,13H,10-12H2,1-2H3,(H,28,31)(H,26,27,29)/b7-4+. The maximum absolute atomic E-state index is 14.4. The van der Waals surface area contributed by atoms with Crippen molar-refractivity contribution in [1.82, 2.24) is 14.9 Å². The molecule has 32 heavy (non-hydrogen) atoms. The first-order valence-corrected chi connectivity index (χ1v) is 10.1. The molecular weight excluding hydrogens is 440 g/mol. The molecule has 2 aromatic carbocycles. The lowest BCUT2D eigenvalue weighted by Crippen LogP contribution is -2.14. The van der Waals surface area contributed by atoms with Gasteiger partial charge in [0.2, 0.25) is 5.91 Å². The molecule has 3 rings (SSSR count). The summed E-state index contributed by atoms with van der Waals surface area (Å²) in [5, 5.41) is 5.91. The number of nitrogens with zero attached hydrogens (tertiary/aromatic N) is 3. The van der Waals surface area contributed by atoms with Crippen molar-refractivity contribution in [3.63, 3.8) is 0 Å². The monoisotopic (exact) mass is 461 g/mol. The molecule has 0 saturated heterocycles. The van der Waals surface area contributed by atoms with Crippen LogP contribution in [0.2, 0.25) is 5.02 Å². The topological polar surface area (TPSA) is 79.4 Å². The first-order chi connectivity index (χ1) is 15.4. The number of likely N-dealkylation sites (N-methyl/N-ethyl adjacent to an activating group) is 1. The summed E-state index contributed by atoms with van der Waals surface area (Å²) in [5.41, 5.74) is 0.852. The Morgan fingerprint density at radius 1 is 1.22 bits per heavy atom. The quantitative estimate of drug-likeness (QED) is 0.454. The van der Waals surface area contributed by atoms with Crippen molar-refractivity contribution in [2.45, 2.75) is 0 Å². The number of anilines is 3. The molecule has 0 radical (unpaired) electrons. The zero-order valence-electron chi connectivity index (χ0n) is 17.5. The number of benzene rings is 2. The molecule has 0 atom stereocenters. The van der Waals surface area contributed by atoms with Gasteiger partial charge in [-0.15, -0.1) is 0 Å². The summed E-state index contributed by atoms with van der Waals surface area (Å²) in [6.07, 6.45) is 4.40. The van der Waals surface area contributed by atoms with Crippen molar-refractivity contribution >= 4 is 45.6 Å². The Bertz CT molecular complexity index is 1140. The van der Waals surface area contributed by atoms with Crippen LogP contribution in [0.4, 0.5) is 26.0 Å². The SMILES string of the molecule is CN(C)C/C=C/C(=O)Nc1ccc2ncnc(Nc3cccc(Cl)c3F)c2c1OCCF. The van der Waals surface area contributed by atoms with Gasteiger partial charge >= 0.3 is 0 Å². The first-order valence-electron chi connectivity index (χ1n) is 9.70. The number of fused-ring (bicyclic) bond motifs is 1. The average Bonchev–Trinajstić information content (AvgIpc) is 2.76. The van der Waals surface area contributed by atoms with E-state index >= 15 is 0 Å². The zero-order valence-corrected chi connectivity index (χ0v) is 18.3. The average molecular weight is 462 g/mol. The summed E-state index contributed by atoms with van der Waals surface area (Å²) in [7, 11) is 3.76. The van der Waals surface area contributed by atoms with Crippen molar-refractivity contribution < 1.29 is 18.3 Å². The number of alkyl halides is 1. The van der Waals surface area contributed by atoms with Crippen molar-refractivity contribution in [1.29, 1.82) is 0 Å². The second kappa shape index (κ2) is 10.8. The molecule has 10 heteroatoms. The lowest BCUT2D eigenvalue weighted by molar-refractivity contribution is -0.111. The summed E-state index contributed by atoms with van der Waals surface area (Å²) in [6, 6.07) is 7.76. The number of nitrogens with one attached hydrogen (secondary N) is 2. The highest BCUT2D eigenvalue weighted by Gasteiger charge is 2.18. The van der Waals surface area contributed by atoms with Crippen LogP contribution in [-0.4, -0.2) is 54.7 Å². The number of hydrogen-bond donors (Lipinski definition) is 2. The predicted molar refractivity (Wildman–Crippen MR) is 122 cm³/mol. The van der Waals surface area contributed by atoms with Crippen LogP contribution in [0.5, 0.6) is 5.75 Å². The van der Waals surface area contributed by atoms with Crippen LogP contribution in [0, 0.1) is 5.82 Å². The molecule has 0 saturated carbocycles. The Kier molecular flexibility index (Phi) is 7.91. The summed E-state index contributed by atoms with van der Waals surface area (Å²) in [4.78, 5) is 22.7. The molecule has 1 amide bonds. The molecule has 0 bridgehead atoms. The van der Waals surface area contributed by atoms with Crippen LogP contribution in [0.1, 0.15) is 0 Å². The fourth-order valence-electron chi connectivity index (χ4n) is 2.88. The number of carbonyl (C=O) groups excluding carboxylic acids is 1. The Morgan fingerprint density at radius 2 is 2.03 bits per heavy atom. The third-order valence-corrected chi connectivity index (χ3v) is 4.57. The van der Waals surface area contributed by atoms with Gasteiger partial charge < -0.3 is 20.3 Å². The molecule has 0 aliphatic rings. The number of rotatable bonds is 9. The van der Waals surface area contributed by atoms with Gasteiger partial charge in [0.1, 0.15) is 25.4 Å². The van der Waals surface area contributed by atoms with Gasteiger partial charge in [0, 0.05) is 12.6 Å². The summed E-state index contributed by atoms with van der Waals surface area (Å²) < 4.78 is 33.0. The van der Waals surface area contributed by atoms with E-state index in [0.717, 1.165) is 0 Å². The minimum absolute atomic E-state index is 0.0558. The fraction of sp³-hybridized carbons (Fsp3) is 0.227. The van der Waals surface area contributed by atoms with Crippen LogP contribution in [0.25, 0.3) is 10.9 Å². The maximum Gasteiger partial charge on any atom is 0.248 e. The molecule has 168 valence electrons. The molecule has 1 heterocycles. The molecular formula is C22H22ClF2N5O2. The van der Waals surface area contributed by atoms with Crippen molar-refractivity contribution in [2.75, 3.05) is 44.6 Å². The van der Waals surface area contributed by atoms with Crippen LogP contribution in [-0.2, 0) is 4.79 Å². The van der Waals surface area contributed by atoms with Gasteiger partial charge in [-0.25, -0.2) is 18.7 Å². The molecule has 2 N–H and O–H groups in total. The van der Waals surface area contributed by atoms with E-state index in [0.29, 0.717) is 23.1 Å². The second-order valence-electron chi connectivity index (χ2n) is 6.98. The minimum atomic E-state index is -0.744. The largest absolute Gasteiger partial charge is 0.488 e. The summed E-state index contributed by atoms with van der Waals surface area (Å²) in [6.45, 7) is -0.409. The molecule has 0 aliphatic heterocycles. The van der Waals surface area contributed by atoms with E-state index in [9.17, 15) is 13.6 Å². The normalized spacial score (nSPS) is 11.3. The molecule has 0 unspecified atom stereocenters. The predicted octanol–water partition coefficient (Wildman–Crippen LogP) is 4.57. The molecule has 7 nitrogen and oxygen atoms in total. The van der Waals surface area contributed by atoms with Crippen molar-refractivity contribution in [3.05, 3.63) is 59.7 Å².